The van der Waals surface area contributed by atoms with E-state index in [0.29, 0.717) is 24.7 Å². The molecule has 0 bridgehead atoms. The van der Waals surface area contributed by atoms with Crippen molar-refractivity contribution in [1.29, 1.82) is 0 Å². The van der Waals surface area contributed by atoms with Crippen molar-refractivity contribution in [1.82, 2.24) is 0 Å². The Kier molecular flexibility index (Phi) is 7.00. The van der Waals surface area contributed by atoms with Crippen molar-refractivity contribution in [3.05, 3.63) is 53.3 Å². The van der Waals surface area contributed by atoms with Crippen molar-refractivity contribution in [2.24, 2.45) is 5.92 Å². The number of halogens is 3. The monoisotopic (exact) mass is 392 g/mol. The van der Waals surface area contributed by atoms with Crippen LogP contribution >= 0.6 is 0 Å². The van der Waals surface area contributed by atoms with E-state index in [2.05, 4.69) is 6.92 Å². The number of rotatable bonds is 7. The minimum Gasteiger partial charge on any atom is -0.497 e. The van der Waals surface area contributed by atoms with Crippen LogP contribution in [-0.4, -0.2) is 13.7 Å². The number of methoxy groups -OCH3 is 1. The SMILES string of the molecule is CCCCCC1CCC(c2ccc(-c3ccc(OC)cc3F)c(F)c2F)OC1. The molecule has 152 valence electrons. The average molecular weight is 392 g/mol. The fourth-order valence-electron chi connectivity index (χ4n) is 3.82. The Morgan fingerprint density at radius 1 is 1.00 bits per heavy atom. The fourth-order valence-corrected chi connectivity index (χ4v) is 3.82. The zero-order chi connectivity index (χ0) is 20.1. The number of hydrogen-bond donors (Lipinski definition) is 0. The van der Waals surface area contributed by atoms with Gasteiger partial charge < -0.3 is 9.47 Å². The second-order valence-corrected chi connectivity index (χ2v) is 7.44. The van der Waals surface area contributed by atoms with Crippen molar-refractivity contribution in [2.75, 3.05) is 13.7 Å². The summed E-state index contributed by atoms with van der Waals surface area (Å²) < 4.78 is 54.5. The standard InChI is InChI=1S/C23H27F3O2/c1-3-4-5-6-15-7-12-21(28-14-15)19-11-10-18(22(25)23(19)26)17-9-8-16(27-2)13-20(17)24/h8-11,13,15,21H,3-7,12,14H2,1-2H3. The molecular formula is C23H27F3O2. The summed E-state index contributed by atoms with van der Waals surface area (Å²) in [6.45, 7) is 2.75. The van der Waals surface area contributed by atoms with E-state index in [4.69, 9.17) is 9.47 Å². The molecule has 2 aromatic carbocycles. The molecular weight excluding hydrogens is 365 g/mol. The topological polar surface area (TPSA) is 18.5 Å². The lowest BCUT2D eigenvalue weighted by Crippen LogP contribution is -2.21. The van der Waals surface area contributed by atoms with Crippen LogP contribution in [0.25, 0.3) is 11.1 Å². The maximum absolute atomic E-state index is 14.8. The Balaban J connectivity index is 1.74. The fraction of sp³-hybridized carbons (Fsp3) is 0.478. The van der Waals surface area contributed by atoms with Crippen LogP contribution in [0.3, 0.4) is 0 Å². The molecule has 0 aromatic heterocycles. The summed E-state index contributed by atoms with van der Waals surface area (Å²) >= 11 is 0. The van der Waals surface area contributed by atoms with E-state index in [1.54, 1.807) is 0 Å². The first kappa shape index (κ1) is 20.7. The first-order valence-corrected chi connectivity index (χ1v) is 9.98. The molecule has 0 saturated carbocycles. The van der Waals surface area contributed by atoms with Gasteiger partial charge in [-0.1, -0.05) is 38.3 Å². The summed E-state index contributed by atoms with van der Waals surface area (Å²) in [4.78, 5) is 0. The molecule has 0 amide bonds. The van der Waals surface area contributed by atoms with Gasteiger partial charge in [0.05, 0.1) is 19.8 Å². The second kappa shape index (κ2) is 9.46. The van der Waals surface area contributed by atoms with Gasteiger partial charge in [-0.2, -0.15) is 0 Å². The predicted molar refractivity (Wildman–Crippen MR) is 104 cm³/mol. The lowest BCUT2D eigenvalue weighted by molar-refractivity contribution is -0.0218. The van der Waals surface area contributed by atoms with Crippen molar-refractivity contribution < 1.29 is 22.6 Å². The molecule has 1 aliphatic heterocycles. The molecule has 1 heterocycles. The highest BCUT2D eigenvalue weighted by Gasteiger charge is 2.27. The Morgan fingerprint density at radius 2 is 1.79 bits per heavy atom. The van der Waals surface area contributed by atoms with Crippen LogP contribution in [0, 0.1) is 23.4 Å². The van der Waals surface area contributed by atoms with E-state index in [9.17, 15) is 13.2 Å². The van der Waals surface area contributed by atoms with Gasteiger partial charge in [0.1, 0.15) is 11.6 Å². The van der Waals surface area contributed by atoms with Crippen LogP contribution in [-0.2, 0) is 4.74 Å². The summed E-state index contributed by atoms with van der Waals surface area (Å²) in [6.07, 6.45) is 5.86. The Bertz CT molecular complexity index is 799. The van der Waals surface area contributed by atoms with Gasteiger partial charge in [0.25, 0.3) is 0 Å². The normalized spacial score (nSPS) is 19.6. The predicted octanol–water partition coefficient (Wildman–Crippen LogP) is 6.83. The molecule has 0 spiro atoms. The Morgan fingerprint density at radius 3 is 2.43 bits per heavy atom. The highest BCUT2D eigenvalue weighted by molar-refractivity contribution is 5.66. The molecule has 2 aromatic rings. The maximum atomic E-state index is 14.8. The number of unbranched alkanes of at least 4 members (excludes halogenated alkanes) is 2. The van der Waals surface area contributed by atoms with Crippen LogP contribution < -0.4 is 4.74 Å². The van der Waals surface area contributed by atoms with Crippen LogP contribution in [0.5, 0.6) is 5.75 Å². The molecule has 0 N–H and O–H groups in total. The molecule has 5 heteroatoms. The molecule has 28 heavy (non-hydrogen) atoms. The maximum Gasteiger partial charge on any atom is 0.167 e. The lowest BCUT2D eigenvalue weighted by atomic mass is 9.90. The van der Waals surface area contributed by atoms with Crippen LogP contribution in [0.1, 0.15) is 57.1 Å². The summed E-state index contributed by atoms with van der Waals surface area (Å²) in [5, 5.41) is 0. The van der Waals surface area contributed by atoms with Gasteiger partial charge in [0, 0.05) is 22.8 Å². The highest BCUT2D eigenvalue weighted by Crippen LogP contribution is 2.37. The van der Waals surface area contributed by atoms with Crippen molar-refractivity contribution in [3.63, 3.8) is 0 Å². The van der Waals surface area contributed by atoms with Gasteiger partial charge in [0.2, 0.25) is 0 Å². The molecule has 2 nitrogen and oxygen atoms in total. The summed E-state index contributed by atoms with van der Waals surface area (Å²) in [7, 11) is 1.42. The van der Waals surface area contributed by atoms with Gasteiger partial charge in [-0.25, -0.2) is 13.2 Å². The minimum atomic E-state index is -1.05. The summed E-state index contributed by atoms with van der Waals surface area (Å²) in [6, 6.07) is 7.01. The van der Waals surface area contributed by atoms with Gasteiger partial charge in [-0.05, 0) is 37.3 Å². The lowest BCUT2D eigenvalue weighted by Gasteiger charge is -2.29. The first-order chi connectivity index (χ1) is 13.5. The molecule has 0 aliphatic carbocycles. The molecule has 2 unspecified atom stereocenters. The molecule has 3 rings (SSSR count). The summed E-state index contributed by atoms with van der Waals surface area (Å²) in [5.41, 5.74) is 0.112. The first-order valence-electron chi connectivity index (χ1n) is 9.98. The molecule has 0 radical (unpaired) electrons. The van der Waals surface area contributed by atoms with Crippen molar-refractivity contribution in [2.45, 2.75) is 51.6 Å². The smallest absolute Gasteiger partial charge is 0.167 e. The summed E-state index contributed by atoms with van der Waals surface area (Å²) in [5.74, 6) is -1.85. The Hall–Kier alpha value is -2.01. The van der Waals surface area contributed by atoms with Gasteiger partial charge in [0.15, 0.2) is 11.6 Å². The zero-order valence-corrected chi connectivity index (χ0v) is 16.4. The van der Waals surface area contributed by atoms with E-state index < -0.39 is 23.6 Å². The second-order valence-electron chi connectivity index (χ2n) is 7.44. The largest absolute Gasteiger partial charge is 0.497 e. The van der Waals surface area contributed by atoms with Crippen LogP contribution in [0.4, 0.5) is 13.2 Å². The molecule has 1 saturated heterocycles. The van der Waals surface area contributed by atoms with Crippen molar-refractivity contribution in [3.8, 4) is 16.9 Å². The molecule has 1 aliphatic rings. The average Bonchev–Trinajstić information content (AvgIpc) is 2.71. The van der Waals surface area contributed by atoms with E-state index in [0.717, 1.165) is 18.9 Å². The Labute approximate surface area is 164 Å². The number of hydrogen-bond acceptors (Lipinski definition) is 2. The molecule has 1 fully saturated rings. The van der Waals surface area contributed by atoms with E-state index in [1.165, 1.54) is 50.6 Å². The number of ether oxygens (including phenoxy) is 2. The van der Waals surface area contributed by atoms with Gasteiger partial charge in [-0.15, -0.1) is 0 Å². The van der Waals surface area contributed by atoms with Crippen molar-refractivity contribution >= 4 is 0 Å². The third kappa shape index (κ3) is 4.52. The highest BCUT2D eigenvalue weighted by atomic mass is 19.2. The van der Waals surface area contributed by atoms with Crippen LogP contribution in [0.15, 0.2) is 30.3 Å². The van der Waals surface area contributed by atoms with Gasteiger partial charge in [-0.3, -0.25) is 0 Å². The molecule has 2 atom stereocenters. The third-order valence-electron chi connectivity index (χ3n) is 5.51. The zero-order valence-electron chi connectivity index (χ0n) is 16.4. The quantitative estimate of drug-likeness (QED) is 0.481. The third-order valence-corrected chi connectivity index (χ3v) is 5.51. The van der Waals surface area contributed by atoms with E-state index >= 15 is 0 Å². The minimum absolute atomic E-state index is 0.00398. The van der Waals surface area contributed by atoms with E-state index in [1.807, 2.05) is 0 Å². The number of benzene rings is 2. The van der Waals surface area contributed by atoms with Crippen LogP contribution in [0.2, 0.25) is 0 Å². The van der Waals surface area contributed by atoms with Gasteiger partial charge >= 0.3 is 0 Å². The van der Waals surface area contributed by atoms with E-state index in [-0.39, 0.29) is 16.7 Å².